The number of nitrogens with two attached hydrogens (primary N) is 2. The fraction of sp³-hybridized carbons (Fsp3) is 0.529. The average Bonchev–Trinajstić information content (AvgIpc) is 2.57. The van der Waals surface area contributed by atoms with Gasteiger partial charge in [0.2, 0.25) is 11.9 Å². The summed E-state index contributed by atoms with van der Waals surface area (Å²) < 4.78 is 25.1. The highest BCUT2D eigenvalue weighted by atomic mass is 19.1. The van der Waals surface area contributed by atoms with Crippen LogP contribution >= 0.6 is 0 Å². The topological polar surface area (TPSA) is 98.5 Å². The van der Waals surface area contributed by atoms with E-state index in [0.717, 1.165) is 32.1 Å². The molecule has 25 heavy (non-hydrogen) atoms. The maximum Gasteiger partial charge on any atom is 0.220 e. The lowest BCUT2D eigenvalue weighted by molar-refractivity contribution is 0.144. The SMILES string of the molecule is COCCOc1c(F)cccc1N1C(N)=NC(N)=NC12CCCCC2. The predicted molar refractivity (Wildman–Crippen MR) is 95.3 cm³/mol. The summed E-state index contributed by atoms with van der Waals surface area (Å²) in [5, 5.41) is 0. The van der Waals surface area contributed by atoms with Gasteiger partial charge in [0.1, 0.15) is 12.3 Å². The van der Waals surface area contributed by atoms with Crippen LogP contribution in [0.3, 0.4) is 0 Å². The number of methoxy groups -OCH3 is 1. The Morgan fingerprint density at radius 2 is 1.96 bits per heavy atom. The van der Waals surface area contributed by atoms with Crippen LogP contribution in [0.5, 0.6) is 5.75 Å². The number of anilines is 1. The molecule has 2 aliphatic rings. The molecule has 0 bridgehead atoms. The predicted octanol–water partition coefficient (Wildman–Crippen LogP) is 1.96. The van der Waals surface area contributed by atoms with Crippen LogP contribution < -0.4 is 21.1 Å². The minimum atomic E-state index is -0.638. The molecule has 0 aromatic heterocycles. The summed E-state index contributed by atoms with van der Waals surface area (Å²) in [5.74, 6) is 0.0266. The highest BCUT2D eigenvalue weighted by Crippen LogP contribution is 2.43. The van der Waals surface area contributed by atoms with E-state index in [1.54, 1.807) is 24.1 Å². The van der Waals surface area contributed by atoms with Crippen molar-refractivity contribution in [2.24, 2.45) is 21.5 Å². The van der Waals surface area contributed by atoms with E-state index in [-0.39, 0.29) is 24.3 Å². The first-order valence-electron chi connectivity index (χ1n) is 8.47. The fourth-order valence-corrected chi connectivity index (χ4v) is 3.51. The second kappa shape index (κ2) is 7.26. The van der Waals surface area contributed by atoms with Gasteiger partial charge < -0.3 is 20.9 Å². The number of hydrogen-bond donors (Lipinski definition) is 2. The van der Waals surface area contributed by atoms with E-state index in [4.69, 9.17) is 20.9 Å². The number of para-hydroxylation sites is 1. The first kappa shape index (κ1) is 17.5. The zero-order valence-corrected chi connectivity index (χ0v) is 14.4. The third-order valence-corrected chi connectivity index (χ3v) is 4.57. The normalized spacial score (nSPS) is 19.5. The van der Waals surface area contributed by atoms with E-state index < -0.39 is 11.5 Å². The van der Waals surface area contributed by atoms with Crippen LogP contribution in [0.15, 0.2) is 28.2 Å². The third kappa shape index (κ3) is 3.39. The molecule has 1 spiro atoms. The molecule has 8 heteroatoms. The van der Waals surface area contributed by atoms with Crippen molar-refractivity contribution in [1.82, 2.24) is 0 Å². The molecule has 0 amide bonds. The maximum atomic E-state index is 14.5. The van der Waals surface area contributed by atoms with E-state index in [2.05, 4.69) is 9.98 Å². The lowest BCUT2D eigenvalue weighted by atomic mass is 9.87. The summed E-state index contributed by atoms with van der Waals surface area (Å²) >= 11 is 0. The number of nitrogens with zero attached hydrogens (tertiary/aromatic N) is 3. The second-order valence-corrected chi connectivity index (χ2v) is 6.25. The zero-order valence-electron chi connectivity index (χ0n) is 14.4. The second-order valence-electron chi connectivity index (χ2n) is 6.25. The summed E-state index contributed by atoms with van der Waals surface area (Å²) in [6, 6.07) is 4.74. The van der Waals surface area contributed by atoms with E-state index in [9.17, 15) is 4.39 Å². The molecule has 0 atom stereocenters. The molecule has 1 saturated carbocycles. The van der Waals surface area contributed by atoms with E-state index in [0.29, 0.717) is 12.3 Å². The zero-order chi connectivity index (χ0) is 17.9. The smallest absolute Gasteiger partial charge is 0.220 e. The van der Waals surface area contributed by atoms with Crippen LogP contribution in [-0.4, -0.2) is 37.9 Å². The van der Waals surface area contributed by atoms with Gasteiger partial charge in [0.15, 0.2) is 11.6 Å². The standard InChI is InChI=1S/C17H24FN5O2/c1-24-10-11-25-14-12(18)6-5-7-13(14)23-16(20)21-15(19)22-17(23)8-3-2-4-9-17/h5-7H,2-4,8-11H2,1H3,(H4,19,20,21,22). The Kier molecular flexibility index (Phi) is 5.08. The Hall–Kier alpha value is -2.35. The summed E-state index contributed by atoms with van der Waals surface area (Å²) in [6.45, 7) is 0.585. The van der Waals surface area contributed by atoms with Crippen LogP contribution in [0.25, 0.3) is 0 Å². The molecular weight excluding hydrogens is 325 g/mol. The van der Waals surface area contributed by atoms with Crippen LogP contribution in [0.4, 0.5) is 10.1 Å². The number of halogens is 1. The van der Waals surface area contributed by atoms with Crippen LogP contribution in [0.2, 0.25) is 0 Å². The van der Waals surface area contributed by atoms with Crippen molar-refractivity contribution in [3.05, 3.63) is 24.0 Å². The molecule has 0 radical (unpaired) electrons. The molecule has 136 valence electrons. The summed E-state index contributed by atoms with van der Waals surface area (Å²) in [6.07, 6.45) is 4.67. The van der Waals surface area contributed by atoms with Crippen molar-refractivity contribution in [2.75, 3.05) is 25.2 Å². The van der Waals surface area contributed by atoms with Crippen molar-refractivity contribution >= 4 is 17.6 Å². The number of benzene rings is 1. The lowest BCUT2D eigenvalue weighted by Crippen LogP contribution is -2.58. The van der Waals surface area contributed by atoms with E-state index in [1.807, 2.05) is 0 Å². The summed E-state index contributed by atoms with van der Waals surface area (Å²) in [4.78, 5) is 10.5. The first-order valence-corrected chi connectivity index (χ1v) is 8.47. The van der Waals surface area contributed by atoms with Gasteiger partial charge in [0.05, 0.1) is 12.3 Å². The van der Waals surface area contributed by atoms with Gasteiger partial charge in [-0.25, -0.2) is 9.38 Å². The number of rotatable bonds is 5. The van der Waals surface area contributed by atoms with Gasteiger partial charge >= 0.3 is 0 Å². The minimum absolute atomic E-state index is 0.123. The van der Waals surface area contributed by atoms with Gasteiger partial charge in [-0.15, -0.1) is 0 Å². The lowest BCUT2D eigenvalue weighted by Gasteiger charge is -2.45. The molecule has 7 nitrogen and oxygen atoms in total. The van der Waals surface area contributed by atoms with Crippen LogP contribution in [-0.2, 0) is 4.74 Å². The molecule has 0 saturated heterocycles. The molecule has 4 N–H and O–H groups in total. The van der Waals surface area contributed by atoms with E-state index >= 15 is 0 Å². The Balaban J connectivity index is 2.04. The van der Waals surface area contributed by atoms with Crippen LogP contribution in [0.1, 0.15) is 32.1 Å². The van der Waals surface area contributed by atoms with Gasteiger partial charge in [-0.1, -0.05) is 12.5 Å². The van der Waals surface area contributed by atoms with Crippen molar-refractivity contribution < 1.29 is 13.9 Å². The molecule has 1 aromatic rings. The van der Waals surface area contributed by atoms with E-state index in [1.165, 1.54) is 6.07 Å². The summed E-state index contributed by atoms with van der Waals surface area (Å²) in [5.41, 5.74) is 11.9. The molecule has 1 aliphatic carbocycles. The number of guanidine groups is 2. The third-order valence-electron chi connectivity index (χ3n) is 4.57. The number of hydrogen-bond acceptors (Lipinski definition) is 7. The molecular formula is C17H24FN5O2. The van der Waals surface area contributed by atoms with Gasteiger partial charge in [0, 0.05) is 7.11 Å². The summed E-state index contributed by atoms with van der Waals surface area (Å²) in [7, 11) is 1.56. The monoisotopic (exact) mass is 349 g/mol. The van der Waals surface area contributed by atoms with Gasteiger partial charge in [-0.05, 0) is 37.8 Å². The van der Waals surface area contributed by atoms with Crippen molar-refractivity contribution in [3.8, 4) is 5.75 Å². The maximum absolute atomic E-state index is 14.5. The molecule has 1 aromatic carbocycles. The molecule has 1 aliphatic heterocycles. The van der Waals surface area contributed by atoms with Gasteiger partial charge in [0.25, 0.3) is 0 Å². The van der Waals surface area contributed by atoms with Crippen molar-refractivity contribution in [1.29, 1.82) is 0 Å². The minimum Gasteiger partial charge on any atom is -0.486 e. The number of aliphatic imine (C=N–C) groups is 2. The highest BCUT2D eigenvalue weighted by Gasteiger charge is 2.43. The van der Waals surface area contributed by atoms with Gasteiger partial charge in [-0.3, -0.25) is 4.90 Å². The molecule has 0 unspecified atom stereocenters. The van der Waals surface area contributed by atoms with Crippen molar-refractivity contribution in [3.63, 3.8) is 0 Å². The van der Waals surface area contributed by atoms with Gasteiger partial charge in [-0.2, -0.15) is 4.99 Å². The molecule has 1 heterocycles. The Bertz CT molecular complexity index is 686. The molecule has 3 rings (SSSR count). The van der Waals surface area contributed by atoms with Crippen molar-refractivity contribution in [2.45, 2.75) is 37.8 Å². The number of ether oxygens (including phenoxy) is 2. The Morgan fingerprint density at radius 3 is 2.68 bits per heavy atom. The van der Waals surface area contributed by atoms with Crippen LogP contribution in [0, 0.1) is 5.82 Å². The quantitative estimate of drug-likeness (QED) is 0.792. The Labute approximate surface area is 146 Å². The Morgan fingerprint density at radius 1 is 1.20 bits per heavy atom. The largest absolute Gasteiger partial charge is 0.486 e. The average molecular weight is 349 g/mol. The highest BCUT2D eigenvalue weighted by molar-refractivity contribution is 6.06. The fourth-order valence-electron chi connectivity index (χ4n) is 3.51. The first-order chi connectivity index (χ1) is 12.1. The molecule has 1 fully saturated rings.